The van der Waals surface area contributed by atoms with Crippen LogP contribution in [0.15, 0.2) is 47.1 Å². The zero-order chi connectivity index (χ0) is 16.4. The number of thiazole rings is 1. The lowest BCUT2D eigenvalue weighted by Crippen LogP contribution is -2.10. The number of nitrogens with zero attached hydrogens (tertiary/aromatic N) is 1. The Morgan fingerprint density at radius 3 is 2.48 bits per heavy atom. The molecule has 5 nitrogen and oxygen atoms in total. The molecule has 116 valence electrons. The van der Waals surface area contributed by atoms with Crippen molar-refractivity contribution >= 4 is 28.7 Å². The summed E-state index contributed by atoms with van der Waals surface area (Å²) in [6.07, 6.45) is 1.45. The van der Waals surface area contributed by atoms with Gasteiger partial charge in [0.1, 0.15) is 5.01 Å². The van der Waals surface area contributed by atoms with E-state index in [0.29, 0.717) is 10.6 Å². The van der Waals surface area contributed by atoms with Crippen molar-refractivity contribution in [3.05, 3.63) is 59.0 Å². The first-order valence-electron chi connectivity index (χ1n) is 6.98. The fourth-order valence-corrected chi connectivity index (χ4v) is 3.11. The van der Waals surface area contributed by atoms with Gasteiger partial charge in [0.15, 0.2) is 11.5 Å². The molecular formula is C17H14N2O3S. The number of amides is 1. The molecule has 0 saturated carbocycles. The van der Waals surface area contributed by atoms with Gasteiger partial charge < -0.3 is 9.73 Å². The smallest absolute Gasteiger partial charge is 0.291 e. The zero-order valence-electron chi connectivity index (χ0n) is 12.6. The number of carbonyl (C=O) groups excluding carboxylic acids is 2. The van der Waals surface area contributed by atoms with Gasteiger partial charge in [-0.25, -0.2) is 4.98 Å². The van der Waals surface area contributed by atoms with Crippen LogP contribution < -0.4 is 5.32 Å². The van der Waals surface area contributed by atoms with Crippen LogP contribution in [0.4, 0.5) is 5.69 Å². The Bertz CT molecular complexity index is 849. The average molecular weight is 326 g/mol. The average Bonchev–Trinajstić information content (AvgIpc) is 3.17. The summed E-state index contributed by atoms with van der Waals surface area (Å²) in [6, 6.07) is 10.6. The number of anilines is 1. The van der Waals surface area contributed by atoms with E-state index in [2.05, 4.69) is 10.3 Å². The van der Waals surface area contributed by atoms with Crippen molar-refractivity contribution in [2.45, 2.75) is 13.8 Å². The Kier molecular flexibility index (Phi) is 4.08. The molecule has 23 heavy (non-hydrogen) atoms. The number of aromatic nitrogens is 1. The molecule has 0 bridgehead atoms. The number of benzene rings is 1. The van der Waals surface area contributed by atoms with E-state index in [4.69, 9.17) is 4.42 Å². The van der Waals surface area contributed by atoms with E-state index >= 15 is 0 Å². The first kappa shape index (κ1) is 15.2. The summed E-state index contributed by atoms with van der Waals surface area (Å²) in [5.41, 5.74) is 2.31. The first-order chi connectivity index (χ1) is 11.0. The number of furan rings is 1. The van der Waals surface area contributed by atoms with Crippen LogP contribution >= 0.6 is 11.3 Å². The van der Waals surface area contributed by atoms with Gasteiger partial charge in [-0.15, -0.1) is 11.3 Å². The fraction of sp³-hybridized carbons (Fsp3) is 0.118. The molecule has 0 saturated heterocycles. The SMILES string of the molecule is CC(=O)c1sc(-c2ccc(NC(=O)c3ccco3)cc2)nc1C. The Morgan fingerprint density at radius 2 is 1.91 bits per heavy atom. The van der Waals surface area contributed by atoms with E-state index in [-0.39, 0.29) is 17.5 Å². The molecule has 6 heteroatoms. The number of hydrogen-bond donors (Lipinski definition) is 1. The molecule has 1 aromatic carbocycles. The maximum Gasteiger partial charge on any atom is 0.291 e. The van der Waals surface area contributed by atoms with Crippen LogP contribution in [0.3, 0.4) is 0 Å². The van der Waals surface area contributed by atoms with E-state index in [1.165, 1.54) is 24.5 Å². The normalized spacial score (nSPS) is 10.5. The monoisotopic (exact) mass is 326 g/mol. The molecule has 0 radical (unpaired) electrons. The molecule has 0 atom stereocenters. The van der Waals surface area contributed by atoms with Crippen molar-refractivity contribution in [2.24, 2.45) is 0 Å². The zero-order valence-corrected chi connectivity index (χ0v) is 13.4. The van der Waals surface area contributed by atoms with Crippen LogP contribution in [0.2, 0.25) is 0 Å². The van der Waals surface area contributed by atoms with Gasteiger partial charge in [0, 0.05) is 18.2 Å². The molecule has 0 aliphatic heterocycles. The highest BCUT2D eigenvalue weighted by atomic mass is 32.1. The molecule has 0 fully saturated rings. The highest BCUT2D eigenvalue weighted by Gasteiger charge is 2.13. The molecule has 0 aliphatic carbocycles. The van der Waals surface area contributed by atoms with E-state index in [0.717, 1.165) is 16.3 Å². The lowest BCUT2D eigenvalue weighted by molar-refractivity contribution is 0.0994. The van der Waals surface area contributed by atoms with Gasteiger partial charge in [0.05, 0.1) is 16.8 Å². The summed E-state index contributed by atoms with van der Waals surface area (Å²) >= 11 is 1.38. The highest BCUT2D eigenvalue weighted by Crippen LogP contribution is 2.29. The van der Waals surface area contributed by atoms with Crippen LogP contribution in [0.25, 0.3) is 10.6 Å². The van der Waals surface area contributed by atoms with Gasteiger partial charge in [-0.3, -0.25) is 9.59 Å². The van der Waals surface area contributed by atoms with Crippen molar-refractivity contribution in [2.75, 3.05) is 5.32 Å². The molecule has 1 amide bonds. The summed E-state index contributed by atoms with van der Waals surface area (Å²) < 4.78 is 5.05. The van der Waals surface area contributed by atoms with Crippen LogP contribution in [-0.2, 0) is 0 Å². The van der Waals surface area contributed by atoms with Gasteiger partial charge in [-0.2, -0.15) is 0 Å². The third-order valence-corrected chi connectivity index (χ3v) is 4.56. The van der Waals surface area contributed by atoms with Crippen molar-refractivity contribution in [1.29, 1.82) is 0 Å². The number of Topliss-reactive ketones (excluding diaryl/α,β-unsaturated/α-hetero) is 1. The minimum Gasteiger partial charge on any atom is -0.459 e. The second-order valence-corrected chi connectivity index (χ2v) is 6.00. The lowest BCUT2D eigenvalue weighted by Gasteiger charge is -2.04. The number of rotatable bonds is 4. The molecular weight excluding hydrogens is 312 g/mol. The van der Waals surface area contributed by atoms with E-state index in [1.807, 2.05) is 19.1 Å². The summed E-state index contributed by atoms with van der Waals surface area (Å²) in [5.74, 6) is -0.0176. The maximum absolute atomic E-state index is 11.9. The van der Waals surface area contributed by atoms with Crippen LogP contribution in [0.1, 0.15) is 32.8 Å². The molecule has 0 unspecified atom stereocenters. The summed E-state index contributed by atoms with van der Waals surface area (Å²) in [6.45, 7) is 3.37. The molecule has 2 heterocycles. The van der Waals surface area contributed by atoms with Gasteiger partial charge in [-0.05, 0) is 43.3 Å². The largest absolute Gasteiger partial charge is 0.459 e. The number of aryl methyl sites for hydroxylation is 1. The third kappa shape index (κ3) is 3.22. The van der Waals surface area contributed by atoms with Gasteiger partial charge >= 0.3 is 0 Å². The number of carbonyl (C=O) groups is 2. The van der Waals surface area contributed by atoms with Crippen LogP contribution in [0.5, 0.6) is 0 Å². The number of hydrogen-bond acceptors (Lipinski definition) is 5. The second-order valence-electron chi connectivity index (χ2n) is 5.00. The molecule has 1 N–H and O–H groups in total. The first-order valence-corrected chi connectivity index (χ1v) is 7.80. The van der Waals surface area contributed by atoms with E-state index in [1.54, 1.807) is 24.3 Å². The third-order valence-electron chi connectivity index (χ3n) is 3.25. The molecule has 2 aromatic heterocycles. The quantitative estimate of drug-likeness (QED) is 0.730. The van der Waals surface area contributed by atoms with Crippen molar-refractivity contribution in [1.82, 2.24) is 4.98 Å². The molecule has 0 aliphatic rings. The van der Waals surface area contributed by atoms with Gasteiger partial charge in [0.2, 0.25) is 0 Å². The van der Waals surface area contributed by atoms with Crippen molar-refractivity contribution in [3.8, 4) is 10.6 Å². The summed E-state index contributed by atoms with van der Waals surface area (Å²) in [5, 5.41) is 3.54. The highest BCUT2D eigenvalue weighted by molar-refractivity contribution is 7.17. The predicted octanol–water partition coefficient (Wildman–Crippen LogP) is 4.17. The molecule has 3 aromatic rings. The standard InChI is InChI=1S/C17H14N2O3S/c1-10-15(11(2)20)23-17(18-10)12-5-7-13(8-6-12)19-16(21)14-4-3-9-22-14/h3-9H,1-2H3,(H,19,21). The number of ketones is 1. The van der Waals surface area contributed by atoms with Crippen LogP contribution in [0, 0.1) is 6.92 Å². The minimum absolute atomic E-state index is 0.0218. The lowest BCUT2D eigenvalue weighted by atomic mass is 10.2. The molecule has 3 rings (SSSR count). The van der Waals surface area contributed by atoms with Gasteiger partial charge in [0.25, 0.3) is 5.91 Å². The van der Waals surface area contributed by atoms with Crippen molar-refractivity contribution in [3.63, 3.8) is 0 Å². The minimum atomic E-state index is -0.299. The second kappa shape index (κ2) is 6.18. The van der Waals surface area contributed by atoms with Crippen LogP contribution in [-0.4, -0.2) is 16.7 Å². The predicted molar refractivity (Wildman–Crippen MR) is 89.0 cm³/mol. The summed E-state index contributed by atoms with van der Waals surface area (Å²) in [7, 11) is 0. The fourth-order valence-electron chi connectivity index (χ4n) is 2.14. The molecule has 0 spiro atoms. The van der Waals surface area contributed by atoms with E-state index < -0.39 is 0 Å². The van der Waals surface area contributed by atoms with Gasteiger partial charge in [-0.1, -0.05) is 0 Å². The summed E-state index contributed by atoms with van der Waals surface area (Å²) in [4.78, 5) is 28.5. The Labute approximate surface area is 137 Å². The van der Waals surface area contributed by atoms with E-state index in [9.17, 15) is 9.59 Å². The Morgan fingerprint density at radius 1 is 1.17 bits per heavy atom. The number of nitrogens with one attached hydrogen (secondary N) is 1. The van der Waals surface area contributed by atoms with Crippen molar-refractivity contribution < 1.29 is 14.0 Å². The maximum atomic E-state index is 11.9. The Hall–Kier alpha value is -2.73. The topological polar surface area (TPSA) is 72.2 Å². The Balaban J connectivity index is 1.78.